The van der Waals surface area contributed by atoms with Crippen molar-refractivity contribution < 1.29 is 4.79 Å². The fourth-order valence-corrected chi connectivity index (χ4v) is 3.27. The first-order valence-electron chi connectivity index (χ1n) is 7.85. The average Bonchev–Trinajstić information content (AvgIpc) is 2.62. The zero-order valence-corrected chi connectivity index (χ0v) is 13.1. The number of carbonyl (C=O) groups excluding carboxylic acids is 1. The van der Waals surface area contributed by atoms with Gasteiger partial charge < -0.3 is 10.0 Å². The van der Waals surface area contributed by atoms with Crippen molar-refractivity contribution in [2.24, 2.45) is 11.7 Å². The van der Waals surface area contributed by atoms with Crippen LogP contribution in [0.4, 0.5) is 11.4 Å². The van der Waals surface area contributed by atoms with Gasteiger partial charge in [0.2, 0.25) is 0 Å². The second kappa shape index (κ2) is 5.63. The van der Waals surface area contributed by atoms with Crippen LogP contribution in [0.1, 0.15) is 11.1 Å². The minimum absolute atomic E-state index is 0.0103. The predicted octanol–water partition coefficient (Wildman–Crippen LogP) is 2.11. The molecular weight excluding hydrogens is 300 g/mol. The summed E-state index contributed by atoms with van der Waals surface area (Å²) in [5.74, 6) is 12.1. The van der Waals surface area contributed by atoms with E-state index in [4.69, 9.17) is 11.7 Å². The Hall–Kier alpha value is -2.89. The second-order valence-corrected chi connectivity index (χ2v) is 5.90. The normalized spacial score (nSPS) is 16.1. The molecule has 4 N–H and O–H groups in total. The van der Waals surface area contributed by atoms with E-state index in [1.165, 1.54) is 0 Å². The number of nitrogens with zero attached hydrogens (tertiary/aromatic N) is 2. The van der Waals surface area contributed by atoms with Gasteiger partial charge in [-0.25, -0.2) is 11.7 Å². The van der Waals surface area contributed by atoms with E-state index in [-0.39, 0.29) is 5.78 Å². The lowest BCUT2D eigenvalue weighted by Gasteiger charge is -2.29. The van der Waals surface area contributed by atoms with Crippen LogP contribution in [0.25, 0.3) is 11.1 Å². The van der Waals surface area contributed by atoms with Crippen LogP contribution in [0.15, 0.2) is 60.7 Å². The molecule has 0 spiro atoms. The molecule has 2 aliphatic rings. The Labute approximate surface area is 140 Å². The highest BCUT2D eigenvalue weighted by atomic mass is 16.1. The van der Waals surface area contributed by atoms with Crippen LogP contribution in [-0.2, 0) is 4.79 Å². The molecule has 0 saturated heterocycles. The number of carbonyl (C=O) groups is 1. The summed E-state index contributed by atoms with van der Waals surface area (Å²) in [7, 11) is 0. The van der Waals surface area contributed by atoms with Crippen molar-refractivity contribution in [3.8, 4) is 0 Å². The van der Waals surface area contributed by atoms with Crippen molar-refractivity contribution in [2.45, 2.75) is 0 Å². The molecule has 0 amide bonds. The van der Waals surface area contributed by atoms with Gasteiger partial charge in [0.1, 0.15) is 0 Å². The lowest BCUT2D eigenvalue weighted by Crippen LogP contribution is -2.36. The van der Waals surface area contributed by atoms with Crippen LogP contribution < -0.4 is 21.7 Å². The summed E-state index contributed by atoms with van der Waals surface area (Å²) in [6.45, 7) is 1.02. The van der Waals surface area contributed by atoms with Gasteiger partial charge in [-0.2, -0.15) is 0 Å². The minimum atomic E-state index is 0.0103. The number of hydrogen-bond acceptors (Lipinski definition) is 5. The van der Waals surface area contributed by atoms with E-state index in [1.54, 1.807) is 10.0 Å². The standard InChI is InChI=1S/C19H18N4O/c20-22-11-9-15(13-5-1-3-7-17(13)22)19(24)16-10-12-23(21)18-8-4-2-6-14(16)18/h1-10H,11-12,20-21H2. The van der Waals surface area contributed by atoms with Crippen LogP contribution in [0.2, 0.25) is 0 Å². The maximum atomic E-state index is 13.2. The van der Waals surface area contributed by atoms with E-state index < -0.39 is 0 Å². The van der Waals surface area contributed by atoms with Crippen molar-refractivity contribution in [2.75, 3.05) is 23.1 Å². The summed E-state index contributed by atoms with van der Waals surface area (Å²) in [4.78, 5) is 13.2. The maximum absolute atomic E-state index is 13.2. The molecule has 0 aliphatic carbocycles. The summed E-state index contributed by atoms with van der Waals surface area (Å²) in [6, 6.07) is 15.4. The first-order chi connectivity index (χ1) is 11.7. The molecule has 0 bridgehead atoms. The Morgan fingerprint density at radius 2 is 1.17 bits per heavy atom. The Kier molecular flexibility index (Phi) is 3.45. The van der Waals surface area contributed by atoms with Gasteiger partial charge in [-0.05, 0) is 12.1 Å². The highest BCUT2D eigenvalue weighted by Crippen LogP contribution is 2.37. The monoisotopic (exact) mass is 318 g/mol. The number of allylic oxidation sites excluding steroid dienone is 2. The van der Waals surface area contributed by atoms with E-state index in [0.29, 0.717) is 24.2 Å². The van der Waals surface area contributed by atoms with Crippen molar-refractivity contribution in [3.05, 3.63) is 71.8 Å². The molecule has 0 fully saturated rings. The van der Waals surface area contributed by atoms with Gasteiger partial charge >= 0.3 is 0 Å². The number of fused-ring (bicyclic) bond motifs is 2. The van der Waals surface area contributed by atoms with Crippen molar-refractivity contribution >= 4 is 28.3 Å². The molecule has 0 saturated carbocycles. The fourth-order valence-electron chi connectivity index (χ4n) is 3.27. The van der Waals surface area contributed by atoms with Gasteiger partial charge in [-0.3, -0.25) is 4.79 Å². The third kappa shape index (κ3) is 2.22. The van der Waals surface area contributed by atoms with Crippen LogP contribution in [-0.4, -0.2) is 18.9 Å². The lowest BCUT2D eigenvalue weighted by molar-refractivity contribution is -0.108. The minimum Gasteiger partial charge on any atom is -0.307 e. The largest absolute Gasteiger partial charge is 0.307 e. The smallest absolute Gasteiger partial charge is 0.193 e. The van der Waals surface area contributed by atoms with E-state index in [1.807, 2.05) is 60.7 Å². The van der Waals surface area contributed by atoms with E-state index in [9.17, 15) is 4.79 Å². The van der Waals surface area contributed by atoms with E-state index >= 15 is 0 Å². The van der Waals surface area contributed by atoms with Crippen LogP contribution >= 0.6 is 0 Å². The van der Waals surface area contributed by atoms with Gasteiger partial charge in [0.05, 0.1) is 24.5 Å². The quantitative estimate of drug-likeness (QED) is 0.830. The second-order valence-electron chi connectivity index (χ2n) is 5.90. The molecule has 24 heavy (non-hydrogen) atoms. The summed E-state index contributed by atoms with van der Waals surface area (Å²) in [5, 5.41) is 3.30. The molecule has 2 aliphatic heterocycles. The Morgan fingerprint density at radius 1 is 0.750 bits per heavy atom. The van der Waals surface area contributed by atoms with Crippen LogP contribution in [0.5, 0.6) is 0 Å². The first-order valence-corrected chi connectivity index (χ1v) is 7.85. The lowest BCUT2D eigenvalue weighted by atomic mass is 9.88. The van der Waals surface area contributed by atoms with Crippen molar-refractivity contribution in [3.63, 3.8) is 0 Å². The highest BCUT2D eigenvalue weighted by molar-refractivity contribution is 6.43. The van der Waals surface area contributed by atoms with Gasteiger partial charge in [0.25, 0.3) is 0 Å². The highest BCUT2D eigenvalue weighted by Gasteiger charge is 2.27. The zero-order chi connectivity index (χ0) is 16.7. The molecule has 2 aromatic carbocycles. The third-order valence-electron chi connectivity index (χ3n) is 4.48. The molecule has 0 radical (unpaired) electrons. The van der Waals surface area contributed by atoms with Gasteiger partial charge in [0, 0.05) is 22.3 Å². The number of anilines is 2. The Bertz CT molecular complexity index is 813. The van der Waals surface area contributed by atoms with Gasteiger partial charge in [-0.15, -0.1) is 0 Å². The maximum Gasteiger partial charge on any atom is 0.193 e. The Morgan fingerprint density at radius 3 is 1.62 bits per heavy atom. The molecule has 0 atom stereocenters. The zero-order valence-electron chi connectivity index (χ0n) is 13.1. The molecule has 4 rings (SSSR count). The topological polar surface area (TPSA) is 75.6 Å². The molecule has 2 aromatic rings. The number of rotatable bonds is 2. The Balaban J connectivity index is 1.78. The van der Waals surface area contributed by atoms with Crippen molar-refractivity contribution in [1.82, 2.24) is 0 Å². The summed E-state index contributed by atoms with van der Waals surface area (Å²) < 4.78 is 0. The van der Waals surface area contributed by atoms with Crippen LogP contribution in [0.3, 0.4) is 0 Å². The molecule has 2 heterocycles. The first kappa shape index (κ1) is 14.7. The van der Waals surface area contributed by atoms with Gasteiger partial charge in [0.15, 0.2) is 5.78 Å². The summed E-state index contributed by atoms with van der Waals surface area (Å²) >= 11 is 0. The predicted molar refractivity (Wildman–Crippen MR) is 96.9 cm³/mol. The number of nitrogens with two attached hydrogens (primary N) is 2. The van der Waals surface area contributed by atoms with E-state index in [0.717, 1.165) is 22.5 Å². The summed E-state index contributed by atoms with van der Waals surface area (Å²) in [5.41, 5.74) is 4.86. The molecule has 120 valence electrons. The van der Waals surface area contributed by atoms with E-state index in [2.05, 4.69) is 0 Å². The number of benzene rings is 2. The number of Topliss-reactive ketones (excluding diaryl/α,β-unsaturated/α-hetero) is 1. The molecule has 5 nitrogen and oxygen atoms in total. The van der Waals surface area contributed by atoms with Crippen LogP contribution in [0, 0.1) is 0 Å². The molecule has 0 aromatic heterocycles. The number of hydrazine groups is 2. The number of hydrogen-bond donors (Lipinski definition) is 2. The SMILES string of the molecule is NN1CC=C(C(=O)C2=CCN(N)c3ccccc32)c2ccccc21. The summed E-state index contributed by atoms with van der Waals surface area (Å²) in [6.07, 6.45) is 3.78. The molecule has 0 unspecified atom stereocenters. The fraction of sp³-hybridized carbons (Fsp3) is 0.105. The van der Waals surface area contributed by atoms with Gasteiger partial charge in [-0.1, -0.05) is 48.6 Å². The molecule has 5 heteroatoms. The number of para-hydroxylation sites is 2. The molecular formula is C19H18N4O. The van der Waals surface area contributed by atoms with Crippen molar-refractivity contribution in [1.29, 1.82) is 0 Å². The third-order valence-corrected chi connectivity index (χ3v) is 4.48. The average molecular weight is 318 g/mol. The number of ketones is 1.